The fourth-order valence-corrected chi connectivity index (χ4v) is 4.58. The zero-order chi connectivity index (χ0) is 13.2. The van der Waals surface area contributed by atoms with Gasteiger partial charge in [0.05, 0.1) is 0 Å². The Morgan fingerprint density at radius 3 is 2.11 bits per heavy atom. The van der Waals surface area contributed by atoms with Crippen LogP contribution in [0.5, 0.6) is 0 Å². The van der Waals surface area contributed by atoms with Crippen molar-refractivity contribution < 1.29 is 8.42 Å². The van der Waals surface area contributed by atoms with Crippen LogP contribution in [0.25, 0.3) is 0 Å². The molecule has 114 valence electrons. The molecular formula is C12H26ClN3O2S. The number of hydrogen-bond donors (Lipinski definition) is 1. The van der Waals surface area contributed by atoms with Crippen LogP contribution in [-0.2, 0) is 10.2 Å². The first kappa shape index (κ1) is 17.2. The first-order chi connectivity index (χ1) is 8.51. The van der Waals surface area contributed by atoms with Crippen molar-refractivity contribution in [1.82, 2.24) is 8.61 Å². The van der Waals surface area contributed by atoms with Gasteiger partial charge in [-0.05, 0) is 25.2 Å². The molecule has 0 aromatic carbocycles. The molecule has 2 unspecified atom stereocenters. The molecular weight excluding hydrogens is 286 g/mol. The van der Waals surface area contributed by atoms with Crippen LogP contribution in [0, 0.1) is 5.92 Å². The van der Waals surface area contributed by atoms with Gasteiger partial charge in [-0.2, -0.15) is 17.0 Å². The number of halogens is 1. The van der Waals surface area contributed by atoms with E-state index in [0.29, 0.717) is 26.2 Å². The highest BCUT2D eigenvalue weighted by molar-refractivity contribution is 7.86. The second-order valence-corrected chi connectivity index (χ2v) is 7.54. The molecule has 5 nitrogen and oxygen atoms in total. The molecule has 0 spiro atoms. The summed E-state index contributed by atoms with van der Waals surface area (Å²) in [4.78, 5) is 0. The van der Waals surface area contributed by atoms with Crippen molar-refractivity contribution >= 4 is 22.6 Å². The van der Waals surface area contributed by atoms with Gasteiger partial charge >= 0.3 is 0 Å². The van der Waals surface area contributed by atoms with Gasteiger partial charge in [-0.3, -0.25) is 0 Å². The zero-order valence-electron chi connectivity index (χ0n) is 11.6. The number of nitrogens with zero attached hydrogens (tertiary/aromatic N) is 2. The van der Waals surface area contributed by atoms with E-state index in [1.807, 2.05) is 6.92 Å². The molecule has 0 aromatic heterocycles. The highest BCUT2D eigenvalue weighted by Crippen LogP contribution is 2.22. The predicted molar refractivity (Wildman–Crippen MR) is 79.5 cm³/mol. The van der Waals surface area contributed by atoms with E-state index >= 15 is 0 Å². The summed E-state index contributed by atoms with van der Waals surface area (Å²) in [6, 6.07) is 0.139. The lowest BCUT2D eigenvalue weighted by molar-refractivity contribution is 0.233. The lowest BCUT2D eigenvalue weighted by Crippen LogP contribution is -2.52. The molecule has 2 N–H and O–H groups in total. The number of nitrogens with two attached hydrogens (primary N) is 1. The molecule has 2 saturated heterocycles. The third-order valence-electron chi connectivity index (χ3n) is 4.15. The Hall–Kier alpha value is 0.120. The second kappa shape index (κ2) is 7.22. The van der Waals surface area contributed by atoms with Gasteiger partial charge in [-0.1, -0.05) is 19.8 Å². The summed E-state index contributed by atoms with van der Waals surface area (Å²) in [5, 5.41) is 0. The van der Waals surface area contributed by atoms with Crippen molar-refractivity contribution in [1.29, 1.82) is 0 Å². The van der Waals surface area contributed by atoms with Crippen LogP contribution in [0.3, 0.4) is 0 Å². The van der Waals surface area contributed by atoms with Crippen molar-refractivity contribution in [3.05, 3.63) is 0 Å². The minimum Gasteiger partial charge on any atom is -0.327 e. The van der Waals surface area contributed by atoms with Crippen molar-refractivity contribution in [2.24, 2.45) is 11.7 Å². The molecule has 0 saturated carbocycles. The first-order valence-electron chi connectivity index (χ1n) is 7.02. The van der Waals surface area contributed by atoms with E-state index in [0.717, 1.165) is 32.1 Å². The lowest BCUT2D eigenvalue weighted by atomic mass is 9.96. The average Bonchev–Trinajstić information content (AvgIpc) is 2.61. The van der Waals surface area contributed by atoms with Gasteiger partial charge in [0, 0.05) is 32.2 Å². The Bertz CT molecular complexity index is 369. The van der Waals surface area contributed by atoms with Crippen LogP contribution in [0.1, 0.15) is 39.0 Å². The number of rotatable bonds is 2. The molecule has 7 heteroatoms. The molecule has 2 aliphatic heterocycles. The SMILES string of the molecule is CC1CN(S(=O)(=O)N2CCCCCC2)CCC1N.Cl. The maximum absolute atomic E-state index is 12.6. The lowest BCUT2D eigenvalue weighted by Gasteiger charge is -2.36. The number of hydrogen-bond acceptors (Lipinski definition) is 3. The van der Waals surface area contributed by atoms with Gasteiger partial charge in [0.15, 0.2) is 0 Å². The Morgan fingerprint density at radius 1 is 1.00 bits per heavy atom. The Morgan fingerprint density at radius 2 is 1.58 bits per heavy atom. The van der Waals surface area contributed by atoms with Crippen LogP contribution in [0.2, 0.25) is 0 Å². The normalized spacial score (nSPS) is 31.5. The average molecular weight is 312 g/mol. The zero-order valence-corrected chi connectivity index (χ0v) is 13.3. The molecule has 0 aliphatic carbocycles. The standard InChI is InChI=1S/C12H25N3O2S.ClH/c1-11-10-15(9-6-12(11)13)18(16,17)14-7-4-2-3-5-8-14;/h11-12H,2-10,13H2,1H3;1H. The molecule has 0 radical (unpaired) electrons. The molecule has 2 heterocycles. The maximum Gasteiger partial charge on any atom is 0.281 e. The Balaban J connectivity index is 0.00000180. The topological polar surface area (TPSA) is 66.6 Å². The molecule has 19 heavy (non-hydrogen) atoms. The highest BCUT2D eigenvalue weighted by Gasteiger charge is 2.34. The van der Waals surface area contributed by atoms with Crippen molar-refractivity contribution in [2.45, 2.75) is 45.1 Å². The summed E-state index contributed by atoms with van der Waals surface area (Å²) >= 11 is 0. The highest BCUT2D eigenvalue weighted by atomic mass is 35.5. The summed E-state index contributed by atoms with van der Waals surface area (Å²) in [5.41, 5.74) is 5.95. The van der Waals surface area contributed by atoms with Gasteiger partial charge in [0.25, 0.3) is 10.2 Å². The quantitative estimate of drug-likeness (QED) is 0.833. The largest absolute Gasteiger partial charge is 0.327 e. The van der Waals surface area contributed by atoms with Crippen LogP contribution in [0.15, 0.2) is 0 Å². The minimum absolute atomic E-state index is 0. The van der Waals surface area contributed by atoms with Crippen LogP contribution >= 0.6 is 12.4 Å². The van der Waals surface area contributed by atoms with Crippen LogP contribution < -0.4 is 5.73 Å². The fourth-order valence-electron chi connectivity index (χ4n) is 2.77. The van der Waals surface area contributed by atoms with E-state index in [4.69, 9.17) is 5.73 Å². The monoisotopic (exact) mass is 311 g/mol. The summed E-state index contributed by atoms with van der Waals surface area (Å²) in [5.74, 6) is 0.250. The Labute approximate surface area is 123 Å². The van der Waals surface area contributed by atoms with Gasteiger partial charge in [0.2, 0.25) is 0 Å². The van der Waals surface area contributed by atoms with E-state index in [9.17, 15) is 8.42 Å². The van der Waals surface area contributed by atoms with Crippen molar-refractivity contribution in [2.75, 3.05) is 26.2 Å². The summed E-state index contributed by atoms with van der Waals surface area (Å²) in [6.07, 6.45) is 5.04. The van der Waals surface area contributed by atoms with Crippen LogP contribution in [0.4, 0.5) is 0 Å². The third kappa shape index (κ3) is 4.04. The van der Waals surface area contributed by atoms with E-state index in [2.05, 4.69) is 0 Å². The molecule has 2 aliphatic rings. The van der Waals surface area contributed by atoms with E-state index in [1.54, 1.807) is 8.61 Å². The summed E-state index contributed by atoms with van der Waals surface area (Å²) in [6.45, 7) is 4.54. The summed E-state index contributed by atoms with van der Waals surface area (Å²) in [7, 11) is -3.25. The van der Waals surface area contributed by atoms with Gasteiger partial charge < -0.3 is 5.73 Å². The Kier molecular flexibility index (Phi) is 6.53. The van der Waals surface area contributed by atoms with Gasteiger partial charge in [0.1, 0.15) is 0 Å². The molecule has 0 amide bonds. The smallest absolute Gasteiger partial charge is 0.281 e. The van der Waals surface area contributed by atoms with Gasteiger partial charge in [-0.15, -0.1) is 12.4 Å². The van der Waals surface area contributed by atoms with Crippen molar-refractivity contribution in [3.8, 4) is 0 Å². The molecule has 2 fully saturated rings. The fraction of sp³-hybridized carbons (Fsp3) is 1.00. The molecule has 0 bridgehead atoms. The van der Waals surface area contributed by atoms with E-state index in [1.165, 1.54) is 0 Å². The van der Waals surface area contributed by atoms with E-state index in [-0.39, 0.29) is 24.4 Å². The van der Waals surface area contributed by atoms with Crippen LogP contribution in [-0.4, -0.2) is 49.2 Å². The van der Waals surface area contributed by atoms with E-state index < -0.39 is 10.2 Å². The molecule has 0 aromatic rings. The van der Waals surface area contributed by atoms with Crippen molar-refractivity contribution in [3.63, 3.8) is 0 Å². The summed E-state index contributed by atoms with van der Waals surface area (Å²) < 4.78 is 28.4. The first-order valence-corrected chi connectivity index (χ1v) is 8.42. The van der Waals surface area contributed by atoms with Gasteiger partial charge in [-0.25, -0.2) is 0 Å². The number of piperidine rings is 1. The minimum atomic E-state index is -3.25. The molecule has 2 rings (SSSR count). The maximum atomic E-state index is 12.6. The predicted octanol–water partition coefficient (Wildman–Crippen LogP) is 1.20. The second-order valence-electron chi connectivity index (χ2n) is 5.61. The third-order valence-corrected chi connectivity index (χ3v) is 6.15. The molecule has 2 atom stereocenters.